The van der Waals surface area contributed by atoms with Gasteiger partial charge in [0.05, 0.1) is 5.69 Å². The topological polar surface area (TPSA) is 61.4 Å². The molecule has 1 aliphatic rings. The van der Waals surface area contributed by atoms with Gasteiger partial charge in [-0.05, 0) is 56.8 Å². The van der Waals surface area contributed by atoms with Crippen LogP contribution in [0.15, 0.2) is 24.3 Å². The van der Waals surface area contributed by atoms with E-state index in [0.29, 0.717) is 16.4 Å². The van der Waals surface area contributed by atoms with Crippen molar-refractivity contribution in [2.75, 3.05) is 4.90 Å². The number of hydrogen-bond acceptors (Lipinski definition) is 3. The summed E-state index contributed by atoms with van der Waals surface area (Å²) in [5.41, 5.74) is 1.24. The molecular weight excluding hydrogens is 286 g/mol. The number of anilines is 1. The third-order valence-corrected chi connectivity index (χ3v) is 3.81. The molecule has 2 amide bonds. The van der Waals surface area contributed by atoms with Gasteiger partial charge in [-0.3, -0.25) is 14.5 Å². The highest BCUT2D eigenvalue weighted by Crippen LogP contribution is 2.20. The molecule has 5 nitrogen and oxygen atoms in total. The Bertz CT molecular complexity index is 571. The smallest absolute Gasteiger partial charge is 0.255 e. The Morgan fingerprint density at radius 1 is 1.43 bits per heavy atom. The molecule has 1 saturated heterocycles. The molecule has 2 rings (SSSR count). The van der Waals surface area contributed by atoms with Crippen molar-refractivity contribution in [2.45, 2.75) is 39.3 Å². The Balaban J connectivity index is 2.14. The first-order chi connectivity index (χ1) is 9.93. The summed E-state index contributed by atoms with van der Waals surface area (Å²) in [5.74, 6) is -0.200. The molecule has 0 bridgehead atoms. The van der Waals surface area contributed by atoms with Crippen molar-refractivity contribution in [1.29, 1.82) is 0 Å². The van der Waals surface area contributed by atoms with Gasteiger partial charge in [0.2, 0.25) is 0 Å². The first-order valence-corrected chi connectivity index (χ1v) is 7.40. The van der Waals surface area contributed by atoms with E-state index in [9.17, 15) is 9.59 Å². The van der Waals surface area contributed by atoms with Gasteiger partial charge in [0.1, 0.15) is 6.04 Å². The minimum atomic E-state index is -0.314. The number of nitrogens with zero attached hydrogens (tertiary/aromatic N) is 1. The summed E-state index contributed by atoms with van der Waals surface area (Å²) in [5, 5.41) is 6.21. The molecule has 21 heavy (non-hydrogen) atoms. The molecule has 1 aliphatic heterocycles. The Morgan fingerprint density at radius 3 is 2.52 bits per heavy atom. The van der Waals surface area contributed by atoms with E-state index < -0.39 is 0 Å². The largest absolute Gasteiger partial charge is 0.350 e. The molecule has 1 aromatic carbocycles. The molecule has 1 aromatic rings. The number of rotatable bonds is 4. The van der Waals surface area contributed by atoms with Gasteiger partial charge in [0.25, 0.3) is 11.8 Å². The normalized spacial score (nSPS) is 19.4. The van der Waals surface area contributed by atoms with Crippen LogP contribution < -0.4 is 15.5 Å². The summed E-state index contributed by atoms with van der Waals surface area (Å²) in [6.07, 6.45) is 0.879. The molecule has 2 atom stereocenters. The third kappa shape index (κ3) is 3.21. The van der Waals surface area contributed by atoms with E-state index in [0.717, 1.165) is 6.42 Å². The third-order valence-electron chi connectivity index (χ3n) is 3.51. The van der Waals surface area contributed by atoms with Gasteiger partial charge in [-0.1, -0.05) is 6.92 Å². The molecule has 0 aliphatic carbocycles. The van der Waals surface area contributed by atoms with Gasteiger partial charge in [0, 0.05) is 11.6 Å². The minimum Gasteiger partial charge on any atom is -0.350 e. The van der Waals surface area contributed by atoms with Gasteiger partial charge in [-0.15, -0.1) is 0 Å². The van der Waals surface area contributed by atoms with Gasteiger partial charge >= 0.3 is 0 Å². The molecule has 0 unspecified atom stereocenters. The highest BCUT2D eigenvalue weighted by molar-refractivity contribution is 7.80. The average Bonchev–Trinajstić information content (AvgIpc) is 2.72. The van der Waals surface area contributed by atoms with Crippen LogP contribution in [0.2, 0.25) is 0 Å². The summed E-state index contributed by atoms with van der Waals surface area (Å²) >= 11 is 5.15. The van der Waals surface area contributed by atoms with E-state index in [1.54, 1.807) is 31.2 Å². The second kappa shape index (κ2) is 6.22. The fraction of sp³-hybridized carbons (Fsp3) is 0.400. The molecule has 112 valence electrons. The lowest BCUT2D eigenvalue weighted by Gasteiger charge is -2.16. The number of nitrogens with one attached hydrogen (secondary N) is 2. The molecule has 0 radical (unpaired) electrons. The maximum atomic E-state index is 12.0. The summed E-state index contributed by atoms with van der Waals surface area (Å²) in [6, 6.07) is 6.68. The lowest BCUT2D eigenvalue weighted by Crippen LogP contribution is -2.32. The van der Waals surface area contributed by atoms with Crippen molar-refractivity contribution in [3.63, 3.8) is 0 Å². The van der Waals surface area contributed by atoms with E-state index >= 15 is 0 Å². The Hall–Kier alpha value is -1.95. The second-order valence-electron chi connectivity index (χ2n) is 5.17. The van der Waals surface area contributed by atoms with Crippen molar-refractivity contribution in [3.8, 4) is 0 Å². The molecule has 1 heterocycles. The van der Waals surface area contributed by atoms with E-state index in [2.05, 4.69) is 10.6 Å². The molecule has 6 heteroatoms. The lowest BCUT2D eigenvalue weighted by atomic mass is 10.1. The number of thiocarbonyl (C=S) groups is 1. The average molecular weight is 305 g/mol. The Kier molecular flexibility index (Phi) is 4.57. The maximum absolute atomic E-state index is 12.0. The van der Waals surface area contributed by atoms with Gasteiger partial charge < -0.3 is 10.6 Å². The van der Waals surface area contributed by atoms with Crippen LogP contribution in [0.3, 0.4) is 0 Å². The zero-order valence-electron chi connectivity index (χ0n) is 12.3. The molecular formula is C15H19N3O2S. The molecule has 0 aromatic heterocycles. The predicted molar refractivity (Wildman–Crippen MR) is 86.3 cm³/mol. The number of carbonyl (C=O) groups is 2. The number of carbonyl (C=O) groups excluding carboxylic acids is 2. The van der Waals surface area contributed by atoms with Crippen molar-refractivity contribution in [2.24, 2.45) is 0 Å². The molecule has 0 saturated carbocycles. The first kappa shape index (κ1) is 15.4. The summed E-state index contributed by atoms with van der Waals surface area (Å²) in [7, 11) is 0. The summed E-state index contributed by atoms with van der Waals surface area (Å²) in [4.78, 5) is 25.5. The van der Waals surface area contributed by atoms with Crippen LogP contribution in [0.1, 0.15) is 37.6 Å². The maximum Gasteiger partial charge on any atom is 0.255 e. The summed E-state index contributed by atoms with van der Waals surface area (Å²) < 4.78 is 0. The lowest BCUT2D eigenvalue weighted by molar-refractivity contribution is -0.117. The summed E-state index contributed by atoms with van der Waals surface area (Å²) in [6.45, 7) is 5.74. The quantitative estimate of drug-likeness (QED) is 0.833. The molecule has 1 fully saturated rings. The molecule has 2 N–H and O–H groups in total. The van der Waals surface area contributed by atoms with Crippen LogP contribution in [-0.2, 0) is 4.79 Å². The number of benzene rings is 1. The number of amides is 2. The zero-order valence-corrected chi connectivity index (χ0v) is 13.2. The standard InChI is InChI=1S/C15H19N3O2S/c1-4-9(2)16-13(19)11-5-7-12(8-6-11)18-14(20)10(3)17-15(18)21/h5-10H,4H2,1-3H3,(H,16,19)(H,17,21)/t9-,10-/m0/s1. The monoisotopic (exact) mass is 305 g/mol. The first-order valence-electron chi connectivity index (χ1n) is 6.99. The highest BCUT2D eigenvalue weighted by Gasteiger charge is 2.33. The fourth-order valence-electron chi connectivity index (χ4n) is 2.02. The van der Waals surface area contributed by atoms with Crippen molar-refractivity contribution >= 4 is 34.8 Å². The second-order valence-corrected chi connectivity index (χ2v) is 5.56. The fourth-order valence-corrected chi connectivity index (χ4v) is 2.39. The van der Waals surface area contributed by atoms with Gasteiger partial charge in [0.15, 0.2) is 5.11 Å². The Morgan fingerprint density at radius 2 is 2.05 bits per heavy atom. The highest BCUT2D eigenvalue weighted by atomic mass is 32.1. The van der Waals surface area contributed by atoms with Gasteiger partial charge in [-0.2, -0.15) is 0 Å². The predicted octanol–water partition coefficient (Wildman–Crippen LogP) is 1.82. The van der Waals surface area contributed by atoms with Gasteiger partial charge in [-0.25, -0.2) is 0 Å². The van der Waals surface area contributed by atoms with E-state index in [4.69, 9.17) is 12.2 Å². The van der Waals surface area contributed by atoms with E-state index in [1.807, 2.05) is 13.8 Å². The van der Waals surface area contributed by atoms with E-state index in [1.165, 1.54) is 4.90 Å². The van der Waals surface area contributed by atoms with Crippen LogP contribution in [-0.4, -0.2) is 29.0 Å². The number of hydrogen-bond donors (Lipinski definition) is 2. The molecule has 0 spiro atoms. The van der Waals surface area contributed by atoms with Crippen molar-refractivity contribution in [1.82, 2.24) is 10.6 Å². The Labute approximate surface area is 129 Å². The minimum absolute atomic E-state index is 0.0863. The van der Waals surface area contributed by atoms with Crippen LogP contribution >= 0.6 is 12.2 Å². The van der Waals surface area contributed by atoms with Crippen molar-refractivity contribution < 1.29 is 9.59 Å². The SMILES string of the molecule is CC[C@H](C)NC(=O)c1ccc(N2C(=O)[C@H](C)NC2=S)cc1. The van der Waals surface area contributed by atoms with E-state index in [-0.39, 0.29) is 23.9 Å². The van der Waals surface area contributed by atoms with Crippen LogP contribution in [0.5, 0.6) is 0 Å². The van der Waals surface area contributed by atoms with Crippen LogP contribution in [0.25, 0.3) is 0 Å². The van der Waals surface area contributed by atoms with Crippen molar-refractivity contribution in [3.05, 3.63) is 29.8 Å². The van der Waals surface area contributed by atoms with Crippen LogP contribution in [0.4, 0.5) is 5.69 Å². The van der Waals surface area contributed by atoms with Crippen LogP contribution in [0, 0.1) is 0 Å². The zero-order chi connectivity index (χ0) is 15.6.